The van der Waals surface area contributed by atoms with Gasteiger partial charge in [0.05, 0.1) is 13.2 Å². The Labute approximate surface area is 80.7 Å². The van der Waals surface area contributed by atoms with Crippen molar-refractivity contribution in [3.63, 3.8) is 0 Å². The number of rotatable bonds is 8. The van der Waals surface area contributed by atoms with Gasteiger partial charge in [-0.1, -0.05) is 6.92 Å². The van der Waals surface area contributed by atoms with Crippen molar-refractivity contribution >= 4 is 0 Å². The second-order valence-corrected chi connectivity index (χ2v) is 3.03. The van der Waals surface area contributed by atoms with Gasteiger partial charge in [-0.25, -0.2) is 0 Å². The van der Waals surface area contributed by atoms with E-state index >= 15 is 0 Å². The number of hydrogen-bond acceptors (Lipinski definition) is 4. The van der Waals surface area contributed by atoms with Crippen molar-refractivity contribution < 1.29 is 9.84 Å². The fourth-order valence-corrected chi connectivity index (χ4v) is 1.11. The van der Waals surface area contributed by atoms with Gasteiger partial charge in [0.1, 0.15) is 0 Å². The lowest BCUT2D eigenvalue weighted by atomic mass is 10.3. The summed E-state index contributed by atoms with van der Waals surface area (Å²) < 4.78 is 5.24. The second-order valence-electron chi connectivity index (χ2n) is 3.03. The molecule has 1 atom stereocenters. The zero-order valence-corrected chi connectivity index (χ0v) is 8.70. The Morgan fingerprint density at radius 3 is 2.62 bits per heavy atom. The van der Waals surface area contributed by atoms with Crippen LogP contribution in [-0.4, -0.2) is 55.5 Å². The summed E-state index contributed by atoms with van der Waals surface area (Å²) in [6.07, 6.45) is 0. The molecule has 0 aromatic heterocycles. The van der Waals surface area contributed by atoms with Crippen LogP contribution in [0.2, 0.25) is 0 Å². The van der Waals surface area contributed by atoms with Crippen molar-refractivity contribution in [2.75, 3.05) is 39.5 Å². The summed E-state index contributed by atoms with van der Waals surface area (Å²) in [6.45, 7) is 8.17. The van der Waals surface area contributed by atoms with Crippen LogP contribution in [0.3, 0.4) is 0 Å². The highest BCUT2D eigenvalue weighted by Gasteiger charge is 2.07. The second kappa shape index (κ2) is 8.44. The molecule has 0 aromatic carbocycles. The highest BCUT2D eigenvalue weighted by molar-refractivity contribution is 4.65. The molecule has 0 spiro atoms. The molecular formula is C9H22N2O2. The van der Waals surface area contributed by atoms with Crippen LogP contribution in [0.25, 0.3) is 0 Å². The van der Waals surface area contributed by atoms with Crippen molar-refractivity contribution in [1.82, 2.24) is 4.90 Å². The first-order chi connectivity index (χ1) is 6.24. The maximum absolute atomic E-state index is 8.77. The lowest BCUT2D eigenvalue weighted by molar-refractivity contribution is 0.108. The third-order valence-corrected chi connectivity index (χ3v) is 1.93. The van der Waals surface area contributed by atoms with E-state index in [1.165, 1.54) is 0 Å². The molecule has 0 rings (SSSR count). The molecular weight excluding hydrogens is 168 g/mol. The van der Waals surface area contributed by atoms with Crippen LogP contribution in [0.5, 0.6) is 0 Å². The summed E-state index contributed by atoms with van der Waals surface area (Å²) in [5, 5.41) is 8.77. The van der Waals surface area contributed by atoms with E-state index in [4.69, 9.17) is 15.6 Å². The first-order valence-electron chi connectivity index (χ1n) is 4.91. The quantitative estimate of drug-likeness (QED) is 0.514. The Morgan fingerprint density at radius 1 is 1.46 bits per heavy atom. The minimum Gasteiger partial charge on any atom is -0.395 e. The minimum absolute atomic E-state index is 0.0468. The number of aliphatic hydroxyl groups excluding tert-OH is 1. The monoisotopic (exact) mass is 190 g/mol. The van der Waals surface area contributed by atoms with E-state index in [2.05, 4.69) is 11.8 Å². The molecule has 3 N–H and O–H groups in total. The van der Waals surface area contributed by atoms with Gasteiger partial charge in [-0.05, 0) is 13.5 Å². The summed E-state index contributed by atoms with van der Waals surface area (Å²) >= 11 is 0. The highest BCUT2D eigenvalue weighted by Crippen LogP contribution is 1.90. The van der Waals surface area contributed by atoms with Crippen molar-refractivity contribution in [3.8, 4) is 0 Å². The maximum atomic E-state index is 8.77. The zero-order chi connectivity index (χ0) is 10.1. The summed E-state index contributed by atoms with van der Waals surface area (Å²) in [4.78, 5) is 2.18. The molecule has 0 aliphatic rings. The average molecular weight is 190 g/mol. The zero-order valence-electron chi connectivity index (χ0n) is 8.70. The summed E-state index contributed by atoms with van der Waals surface area (Å²) in [7, 11) is 0. The van der Waals surface area contributed by atoms with E-state index in [9.17, 15) is 0 Å². The largest absolute Gasteiger partial charge is 0.395 e. The van der Waals surface area contributed by atoms with Crippen molar-refractivity contribution in [1.29, 1.82) is 0 Å². The van der Waals surface area contributed by atoms with Gasteiger partial charge < -0.3 is 15.6 Å². The molecule has 0 fully saturated rings. The van der Waals surface area contributed by atoms with Gasteiger partial charge in [-0.2, -0.15) is 0 Å². The Hall–Kier alpha value is -0.160. The van der Waals surface area contributed by atoms with Crippen LogP contribution in [0.1, 0.15) is 13.8 Å². The molecule has 1 unspecified atom stereocenters. The molecule has 0 aromatic rings. The molecule has 80 valence electrons. The van der Waals surface area contributed by atoms with Crippen molar-refractivity contribution in [3.05, 3.63) is 0 Å². The predicted molar refractivity (Wildman–Crippen MR) is 53.7 cm³/mol. The third kappa shape index (κ3) is 6.95. The van der Waals surface area contributed by atoms with E-state index in [1.807, 2.05) is 6.92 Å². The van der Waals surface area contributed by atoms with E-state index in [1.54, 1.807) is 0 Å². The number of hydrogen-bond donors (Lipinski definition) is 2. The molecule has 0 saturated heterocycles. The summed E-state index contributed by atoms with van der Waals surface area (Å²) in [5.41, 5.74) is 5.62. The van der Waals surface area contributed by atoms with Crippen LogP contribution in [0.15, 0.2) is 0 Å². The van der Waals surface area contributed by atoms with Gasteiger partial charge in [-0.3, -0.25) is 4.90 Å². The fourth-order valence-electron chi connectivity index (χ4n) is 1.11. The van der Waals surface area contributed by atoms with E-state index in [0.717, 1.165) is 32.8 Å². The molecule has 0 aliphatic carbocycles. The number of likely N-dealkylation sites (N-methyl/N-ethyl adjacent to an activating group) is 1. The topological polar surface area (TPSA) is 58.7 Å². The standard InChI is InChI=1S/C9H22N2O2/c1-3-11(5-6-13-4-2)7-9(10)8-12/h9,12H,3-8,10H2,1-2H3. The van der Waals surface area contributed by atoms with Crippen molar-refractivity contribution in [2.24, 2.45) is 5.73 Å². The average Bonchev–Trinajstić information content (AvgIpc) is 2.16. The van der Waals surface area contributed by atoms with Crippen LogP contribution in [-0.2, 0) is 4.74 Å². The maximum Gasteiger partial charge on any atom is 0.0595 e. The number of ether oxygens (including phenoxy) is 1. The number of nitrogens with two attached hydrogens (primary N) is 1. The lowest BCUT2D eigenvalue weighted by Crippen LogP contribution is -2.41. The summed E-state index contributed by atoms with van der Waals surface area (Å²) in [6, 6.07) is -0.137. The lowest BCUT2D eigenvalue weighted by Gasteiger charge is -2.22. The van der Waals surface area contributed by atoms with E-state index in [0.29, 0.717) is 0 Å². The van der Waals surface area contributed by atoms with Crippen LogP contribution in [0.4, 0.5) is 0 Å². The Morgan fingerprint density at radius 2 is 2.15 bits per heavy atom. The normalized spacial score (nSPS) is 13.6. The molecule has 0 saturated carbocycles. The summed E-state index contributed by atoms with van der Waals surface area (Å²) in [5.74, 6) is 0. The predicted octanol–water partition coefficient (Wildman–Crippen LogP) is -0.336. The third-order valence-electron chi connectivity index (χ3n) is 1.93. The molecule has 0 heterocycles. The smallest absolute Gasteiger partial charge is 0.0595 e. The molecule has 4 nitrogen and oxygen atoms in total. The fraction of sp³-hybridized carbons (Fsp3) is 1.00. The molecule has 0 aliphatic heterocycles. The first-order valence-corrected chi connectivity index (χ1v) is 4.91. The Bertz CT molecular complexity index is 112. The van der Waals surface area contributed by atoms with Crippen molar-refractivity contribution in [2.45, 2.75) is 19.9 Å². The molecule has 0 amide bonds. The number of aliphatic hydroxyl groups is 1. The molecule has 0 radical (unpaired) electrons. The van der Waals surface area contributed by atoms with Crippen LogP contribution in [0, 0.1) is 0 Å². The Balaban J connectivity index is 3.50. The highest BCUT2D eigenvalue weighted by atomic mass is 16.5. The van der Waals surface area contributed by atoms with Crippen LogP contribution < -0.4 is 5.73 Å². The molecule has 0 bridgehead atoms. The molecule has 4 heteroatoms. The molecule has 13 heavy (non-hydrogen) atoms. The van der Waals surface area contributed by atoms with Gasteiger partial charge >= 0.3 is 0 Å². The minimum atomic E-state index is -0.137. The Kier molecular flexibility index (Phi) is 8.33. The first kappa shape index (κ1) is 12.8. The van der Waals surface area contributed by atoms with Gasteiger partial charge in [0.15, 0.2) is 0 Å². The SMILES string of the molecule is CCOCCN(CC)CC(N)CO. The number of nitrogens with zero attached hydrogens (tertiary/aromatic N) is 1. The van der Waals surface area contributed by atoms with Gasteiger partial charge in [-0.15, -0.1) is 0 Å². The van der Waals surface area contributed by atoms with Gasteiger partial charge in [0.25, 0.3) is 0 Å². The van der Waals surface area contributed by atoms with E-state index < -0.39 is 0 Å². The van der Waals surface area contributed by atoms with Gasteiger partial charge in [0.2, 0.25) is 0 Å². The van der Waals surface area contributed by atoms with Gasteiger partial charge in [0, 0.05) is 25.7 Å². The van der Waals surface area contributed by atoms with Crippen LogP contribution >= 0.6 is 0 Å². The van der Waals surface area contributed by atoms with E-state index in [-0.39, 0.29) is 12.6 Å².